The number of alkyl halides is 3. The number of halogens is 6. The topological polar surface area (TPSA) is 80.1 Å². The summed E-state index contributed by atoms with van der Waals surface area (Å²) in [4.78, 5) is 26.2. The smallest absolute Gasteiger partial charge is 0.328 e. The maximum absolute atomic E-state index is 13.8. The fourth-order valence-electron chi connectivity index (χ4n) is 3.06. The van der Waals surface area contributed by atoms with Gasteiger partial charge in [-0.2, -0.15) is 13.2 Å². The Kier molecular flexibility index (Phi) is 7.23. The Morgan fingerprint density at radius 2 is 1.76 bits per heavy atom. The van der Waals surface area contributed by atoms with Crippen LogP contribution in [0.15, 0.2) is 42.6 Å². The van der Waals surface area contributed by atoms with Gasteiger partial charge in [0.15, 0.2) is 23.1 Å². The van der Waals surface area contributed by atoms with Gasteiger partial charge in [-0.1, -0.05) is 24.3 Å². The molecule has 0 spiro atoms. The number of para-hydroxylation sites is 1. The first-order chi connectivity index (χ1) is 16.0. The molecule has 0 unspecified atom stereocenters. The van der Waals surface area contributed by atoms with Gasteiger partial charge in [0.2, 0.25) is 5.91 Å². The van der Waals surface area contributed by atoms with E-state index >= 15 is 0 Å². The van der Waals surface area contributed by atoms with Crippen molar-refractivity contribution < 1.29 is 35.9 Å². The number of hydrogen-bond acceptors (Lipinski definition) is 4. The van der Waals surface area contributed by atoms with Crippen molar-refractivity contribution in [3.63, 3.8) is 0 Å². The summed E-state index contributed by atoms with van der Waals surface area (Å²) >= 11 is 0. The highest BCUT2D eigenvalue weighted by molar-refractivity contribution is 5.98. The van der Waals surface area contributed by atoms with Crippen molar-refractivity contribution in [3.05, 3.63) is 71.3 Å². The second-order valence-corrected chi connectivity index (χ2v) is 7.06. The molecular weight excluding hydrogens is 468 g/mol. The molecule has 3 aromatic rings. The van der Waals surface area contributed by atoms with E-state index < -0.39 is 53.2 Å². The first kappa shape index (κ1) is 24.7. The minimum Gasteiger partial charge on any atom is -0.328 e. The average molecular weight is 485 g/mol. The molecule has 0 aliphatic heterocycles. The van der Waals surface area contributed by atoms with Gasteiger partial charge in [0.25, 0.3) is 5.91 Å². The van der Waals surface area contributed by atoms with E-state index in [1.165, 1.54) is 12.1 Å². The first-order valence-electron chi connectivity index (χ1n) is 9.84. The van der Waals surface area contributed by atoms with Gasteiger partial charge in [0, 0.05) is 6.54 Å². The summed E-state index contributed by atoms with van der Waals surface area (Å²) in [6, 6.07) is 6.01. The van der Waals surface area contributed by atoms with Gasteiger partial charge in [-0.25, -0.2) is 17.9 Å². The van der Waals surface area contributed by atoms with Crippen molar-refractivity contribution in [1.29, 1.82) is 0 Å². The summed E-state index contributed by atoms with van der Waals surface area (Å²) in [5, 5.41) is 9.26. The van der Waals surface area contributed by atoms with E-state index in [1.807, 2.05) is 5.32 Å². The zero-order valence-electron chi connectivity index (χ0n) is 17.5. The van der Waals surface area contributed by atoms with Gasteiger partial charge < -0.3 is 10.2 Å². The molecule has 0 bridgehead atoms. The van der Waals surface area contributed by atoms with E-state index in [0.717, 1.165) is 34.0 Å². The van der Waals surface area contributed by atoms with Gasteiger partial charge in [-0.05, 0) is 30.7 Å². The quantitative estimate of drug-likeness (QED) is 0.402. The molecule has 180 valence electrons. The molecule has 1 aromatic heterocycles. The van der Waals surface area contributed by atoms with E-state index in [4.69, 9.17) is 0 Å². The van der Waals surface area contributed by atoms with Crippen molar-refractivity contribution in [2.75, 3.05) is 18.4 Å². The van der Waals surface area contributed by atoms with Crippen LogP contribution in [0, 0.1) is 17.5 Å². The van der Waals surface area contributed by atoms with E-state index in [2.05, 4.69) is 10.3 Å². The summed E-state index contributed by atoms with van der Waals surface area (Å²) in [6.07, 6.45) is -3.29. The fourth-order valence-corrected chi connectivity index (χ4v) is 3.06. The standard InChI is InChI=1S/C21H17F6N5O2/c1-2-9-31(11-17(33)28-14-8-7-13(22)18(23)19(14)24)20(34)15-10-32(30-29-15)16-6-4-3-5-12(16)21(25,26)27/h3-8,10H,2,9,11H2,1H3,(H,28,33). The monoisotopic (exact) mass is 485 g/mol. The normalized spacial score (nSPS) is 11.4. The lowest BCUT2D eigenvalue weighted by Crippen LogP contribution is -2.38. The minimum atomic E-state index is -4.67. The van der Waals surface area contributed by atoms with Crippen LogP contribution in [0.1, 0.15) is 29.4 Å². The Morgan fingerprint density at radius 1 is 1.06 bits per heavy atom. The van der Waals surface area contributed by atoms with Crippen LogP contribution < -0.4 is 5.32 Å². The number of rotatable bonds is 7. The Labute approximate surface area is 189 Å². The molecule has 0 aliphatic rings. The molecule has 1 N–H and O–H groups in total. The molecule has 2 amide bonds. The van der Waals surface area contributed by atoms with Crippen LogP contribution in [0.25, 0.3) is 5.69 Å². The molecule has 0 radical (unpaired) electrons. The summed E-state index contributed by atoms with van der Waals surface area (Å²) < 4.78 is 80.8. The summed E-state index contributed by atoms with van der Waals surface area (Å²) in [5.41, 5.74) is -2.30. The lowest BCUT2D eigenvalue weighted by Gasteiger charge is -2.20. The lowest BCUT2D eigenvalue weighted by molar-refractivity contribution is -0.137. The average Bonchev–Trinajstić information content (AvgIpc) is 3.28. The van der Waals surface area contributed by atoms with Crippen molar-refractivity contribution in [3.8, 4) is 5.69 Å². The largest absolute Gasteiger partial charge is 0.418 e. The number of nitrogens with zero attached hydrogens (tertiary/aromatic N) is 4. The minimum absolute atomic E-state index is 0.0402. The number of nitrogens with one attached hydrogen (secondary N) is 1. The van der Waals surface area contributed by atoms with Crippen LogP contribution in [0.2, 0.25) is 0 Å². The third-order valence-electron chi connectivity index (χ3n) is 4.59. The van der Waals surface area contributed by atoms with Gasteiger partial charge in [0.1, 0.15) is 6.54 Å². The number of anilines is 1. The van der Waals surface area contributed by atoms with Crippen LogP contribution in [0.5, 0.6) is 0 Å². The van der Waals surface area contributed by atoms with Gasteiger partial charge >= 0.3 is 6.18 Å². The number of hydrogen-bond donors (Lipinski definition) is 1. The molecule has 1 heterocycles. The van der Waals surface area contributed by atoms with Crippen LogP contribution in [-0.4, -0.2) is 44.8 Å². The molecule has 7 nitrogen and oxygen atoms in total. The number of carbonyl (C=O) groups excluding carboxylic acids is 2. The van der Waals surface area contributed by atoms with Crippen LogP contribution >= 0.6 is 0 Å². The number of carbonyl (C=O) groups is 2. The third-order valence-corrected chi connectivity index (χ3v) is 4.59. The van der Waals surface area contributed by atoms with Crippen molar-refractivity contribution in [2.45, 2.75) is 19.5 Å². The molecule has 0 atom stereocenters. The third kappa shape index (κ3) is 5.35. The Balaban J connectivity index is 1.79. The molecule has 3 rings (SSSR count). The zero-order chi connectivity index (χ0) is 25.0. The molecule has 0 aliphatic carbocycles. The lowest BCUT2D eigenvalue weighted by atomic mass is 10.1. The highest BCUT2D eigenvalue weighted by Crippen LogP contribution is 2.33. The maximum atomic E-state index is 13.8. The highest BCUT2D eigenvalue weighted by Gasteiger charge is 2.34. The maximum Gasteiger partial charge on any atom is 0.418 e. The SMILES string of the molecule is CCCN(CC(=O)Nc1ccc(F)c(F)c1F)C(=O)c1cn(-c2ccccc2C(F)(F)F)nn1. The van der Waals surface area contributed by atoms with Crippen LogP contribution in [0.4, 0.5) is 32.0 Å². The molecule has 0 saturated heterocycles. The number of aromatic nitrogens is 3. The van der Waals surface area contributed by atoms with E-state index in [9.17, 15) is 35.9 Å². The van der Waals surface area contributed by atoms with E-state index in [0.29, 0.717) is 12.5 Å². The van der Waals surface area contributed by atoms with Crippen molar-refractivity contribution in [2.24, 2.45) is 0 Å². The number of benzene rings is 2. The first-order valence-corrected chi connectivity index (χ1v) is 9.84. The predicted molar refractivity (Wildman–Crippen MR) is 108 cm³/mol. The molecule has 13 heteroatoms. The molecule has 0 fully saturated rings. The van der Waals surface area contributed by atoms with Crippen LogP contribution in [0.3, 0.4) is 0 Å². The van der Waals surface area contributed by atoms with Crippen molar-refractivity contribution >= 4 is 17.5 Å². The predicted octanol–water partition coefficient (Wildman–Crippen LogP) is 4.19. The molecular formula is C21H17F6N5O2. The molecule has 34 heavy (non-hydrogen) atoms. The Morgan fingerprint density at radius 3 is 2.44 bits per heavy atom. The summed E-state index contributed by atoms with van der Waals surface area (Å²) in [7, 11) is 0. The summed E-state index contributed by atoms with van der Waals surface area (Å²) in [5.74, 6) is -6.54. The van der Waals surface area contributed by atoms with Gasteiger partial charge in [-0.3, -0.25) is 9.59 Å². The van der Waals surface area contributed by atoms with E-state index in [-0.39, 0.29) is 17.9 Å². The second kappa shape index (κ2) is 9.93. The Bertz CT molecular complexity index is 1210. The molecule has 0 saturated carbocycles. The van der Waals surface area contributed by atoms with Gasteiger partial charge in [-0.15, -0.1) is 5.10 Å². The highest BCUT2D eigenvalue weighted by atomic mass is 19.4. The van der Waals surface area contributed by atoms with Crippen molar-refractivity contribution in [1.82, 2.24) is 19.9 Å². The fraction of sp³-hybridized carbons (Fsp3) is 0.238. The Hall–Kier alpha value is -3.90. The zero-order valence-corrected chi connectivity index (χ0v) is 17.5. The molecule has 2 aromatic carbocycles. The van der Waals surface area contributed by atoms with Gasteiger partial charge in [0.05, 0.1) is 23.1 Å². The summed E-state index contributed by atoms with van der Waals surface area (Å²) in [6.45, 7) is 1.12. The van der Waals surface area contributed by atoms with E-state index in [1.54, 1.807) is 6.92 Å². The number of amides is 2. The van der Waals surface area contributed by atoms with Crippen LogP contribution in [-0.2, 0) is 11.0 Å². The second-order valence-electron chi connectivity index (χ2n) is 7.06.